The Kier molecular flexibility index (Phi) is 7.98. The van der Waals surface area contributed by atoms with Gasteiger partial charge in [0.1, 0.15) is 6.23 Å². The Morgan fingerprint density at radius 1 is 1.32 bits per heavy atom. The van der Waals surface area contributed by atoms with Gasteiger partial charge in [-0.1, -0.05) is 43.7 Å². The SMILES string of the molecule is CCCC(Nc1ccc(N2C(=O)CC(NC(=O)C(C)(F)F)[C@H]2c2ccccc2)cc1C=N)OC.[HH]. The summed E-state index contributed by atoms with van der Waals surface area (Å²) in [7, 11) is 1.60. The second-order valence-electron chi connectivity index (χ2n) is 8.36. The molecule has 184 valence electrons. The predicted octanol–water partition coefficient (Wildman–Crippen LogP) is 4.73. The lowest BCUT2D eigenvalue weighted by molar-refractivity contribution is -0.143. The molecule has 0 spiro atoms. The van der Waals surface area contributed by atoms with Crippen LogP contribution in [0.4, 0.5) is 20.2 Å². The number of nitrogens with one attached hydrogen (secondary N) is 3. The minimum absolute atomic E-state index is 0. The first kappa shape index (κ1) is 25.3. The Hall–Kier alpha value is -3.33. The van der Waals surface area contributed by atoms with Crippen LogP contribution in [0.5, 0.6) is 0 Å². The van der Waals surface area contributed by atoms with E-state index in [0.717, 1.165) is 12.8 Å². The Bertz CT molecular complexity index is 1030. The molecule has 2 amide bonds. The molecule has 2 aromatic rings. The van der Waals surface area contributed by atoms with Crippen molar-refractivity contribution < 1.29 is 24.5 Å². The molecule has 3 N–H and O–H groups in total. The molecule has 0 radical (unpaired) electrons. The van der Waals surface area contributed by atoms with Crippen molar-refractivity contribution in [2.75, 3.05) is 17.3 Å². The summed E-state index contributed by atoms with van der Waals surface area (Å²) in [5.41, 5.74) is 2.44. The average molecular weight is 475 g/mol. The van der Waals surface area contributed by atoms with Gasteiger partial charge in [-0.3, -0.25) is 9.59 Å². The van der Waals surface area contributed by atoms with E-state index in [-0.39, 0.29) is 20.0 Å². The number of benzene rings is 2. The third-order valence-corrected chi connectivity index (χ3v) is 5.80. The van der Waals surface area contributed by atoms with Gasteiger partial charge in [0.15, 0.2) is 0 Å². The molecular formula is C25H32F2N4O3. The summed E-state index contributed by atoms with van der Waals surface area (Å²) in [6.45, 7) is 2.57. The molecule has 0 saturated carbocycles. The standard InChI is InChI=1S/C25H30F2N4O3.H2/c1-4-8-21(34-3)29-19-12-11-18(13-17(19)15-28)31-22(32)14-20(30-24(33)25(2,26)27)23(31)16-9-6-5-7-10-16;/h5-7,9-13,15,20-21,23,28-29H,4,8,14H2,1-3H3,(H,30,33);1H/t20?,21?,23-;/m1./s1. The van der Waals surface area contributed by atoms with Crippen LogP contribution in [0.2, 0.25) is 0 Å². The Labute approximate surface area is 199 Å². The number of hydrogen-bond donors (Lipinski definition) is 3. The first-order valence-electron chi connectivity index (χ1n) is 11.2. The number of alkyl halides is 2. The topological polar surface area (TPSA) is 94.5 Å². The van der Waals surface area contributed by atoms with Gasteiger partial charge >= 0.3 is 5.92 Å². The lowest BCUT2D eigenvalue weighted by Gasteiger charge is -2.30. The summed E-state index contributed by atoms with van der Waals surface area (Å²) in [5, 5.41) is 13.5. The van der Waals surface area contributed by atoms with Gasteiger partial charge in [-0.05, 0) is 30.2 Å². The highest BCUT2D eigenvalue weighted by atomic mass is 19.3. The largest absolute Gasteiger partial charge is 0.362 e. The maximum absolute atomic E-state index is 13.6. The van der Waals surface area contributed by atoms with Gasteiger partial charge in [-0.25, -0.2) is 0 Å². The number of carbonyl (C=O) groups is 2. The molecule has 34 heavy (non-hydrogen) atoms. The van der Waals surface area contributed by atoms with Crippen LogP contribution in [0.15, 0.2) is 48.5 Å². The third kappa shape index (κ3) is 5.59. The minimum Gasteiger partial charge on any atom is -0.362 e. The van der Waals surface area contributed by atoms with E-state index in [4.69, 9.17) is 10.1 Å². The van der Waals surface area contributed by atoms with Crippen molar-refractivity contribution in [2.45, 2.75) is 57.3 Å². The van der Waals surface area contributed by atoms with Gasteiger partial charge in [-0.15, -0.1) is 0 Å². The van der Waals surface area contributed by atoms with Crippen LogP contribution < -0.4 is 15.5 Å². The van der Waals surface area contributed by atoms with Crippen LogP contribution in [0, 0.1) is 5.41 Å². The molecule has 9 heteroatoms. The minimum atomic E-state index is -3.56. The first-order chi connectivity index (χ1) is 16.2. The van der Waals surface area contributed by atoms with E-state index in [1.54, 1.807) is 49.6 Å². The average Bonchev–Trinajstić information content (AvgIpc) is 3.14. The smallest absolute Gasteiger partial charge is 0.321 e. The number of nitrogens with zero attached hydrogens (tertiary/aromatic N) is 1. The summed E-state index contributed by atoms with van der Waals surface area (Å²) in [4.78, 5) is 26.6. The summed E-state index contributed by atoms with van der Waals surface area (Å²) < 4.78 is 32.6. The molecule has 1 fully saturated rings. The zero-order valence-corrected chi connectivity index (χ0v) is 19.5. The fourth-order valence-electron chi connectivity index (χ4n) is 4.13. The molecule has 0 aromatic heterocycles. The molecule has 3 rings (SSSR count). The lowest BCUT2D eigenvalue weighted by atomic mass is 9.99. The van der Waals surface area contributed by atoms with Gasteiger partial charge in [0, 0.05) is 45.0 Å². The van der Waals surface area contributed by atoms with Crippen LogP contribution in [0.25, 0.3) is 0 Å². The third-order valence-electron chi connectivity index (χ3n) is 5.80. The number of carbonyl (C=O) groups excluding carboxylic acids is 2. The highest BCUT2D eigenvalue weighted by Gasteiger charge is 2.45. The second kappa shape index (κ2) is 10.7. The Balaban J connectivity index is 0.00000432. The van der Waals surface area contributed by atoms with Gasteiger partial charge in [0.2, 0.25) is 5.91 Å². The second-order valence-corrected chi connectivity index (χ2v) is 8.36. The molecule has 3 atom stereocenters. The maximum Gasteiger partial charge on any atom is 0.321 e. The van der Waals surface area contributed by atoms with E-state index in [0.29, 0.717) is 29.4 Å². The highest BCUT2D eigenvalue weighted by Crippen LogP contribution is 2.39. The summed E-state index contributed by atoms with van der Waals surface area (Å²) in [6, 6.07) is 12.7. The van der Waals surface area contributed by atoms with Crippen LogP contribution in [0.1, 0.15) is 51.7 Å². The molecule has 0 aliphatic carbocycles. The van der Waals surface area contributed by atoms with Gasteiger partial charge < -0.3 is 25.7 Å². The van der Waals surface area contributed by atoms with Gasteiger partial charge in [-0.2, -0.15) is 8.78 Å². The van der Waals surface area contributed by atoms with Crippen molar-refractivity contribution in [1.82, 2.24) is 5.32 Å². The molecular weight excluding hydrogens is 442 g/mol. The molecule has 1 heterocycles. The van der Waals surface area contributed by atoms with Crippen LogP contribution in [-0.4, -0.2) is 43.3 Å². The van der Waals surface area contributed by atoms with Crippen LogP contribution >= 0.6 is 0 Å². The van der Waals surface area contributed by atoms with E-state index >= 15 is 0 Å². The number of anilines is 2. The summed E-state index contributed by atoms with van der Waals surface area (Å²) in [6.07, 6.45) is 2.52. The van der Waals surface area contributed by atoms with Crippen molar-refractivity contribution in [3.63, 3.8) is 0 Å². The van der Waals surface area contributed by atoms with Gasteiger partial charge in [0.05, 0.1) is 12.1 Å². The predicted molar refractivity (Wildman–Crippen MR) is 130 cm³/mol. The first-order valence-corrected chi connectivity index (χ1v) is 11.2. The van der Waals surface area contributed by atoms with Crippen molar-refractivity contribution >= 4 is 29.4 Å². The van der Waals surface area contributed by atoms with Crippen molar-refractivity contribution in [3.8, 4) is 0 Å². The summed E-state index contributed by atoms with van der Waals surface area (Å²) in [5.74, 6) is -5.29. The number of halogens is 2. The van der Waals surface area contributed by atoms with E-state index in [9.17, 15) is 18.4 Å². The van der Waals surface area contributed by atoms with Gasteiger partial charge in [0.25, 0.3) is 5.91 Å². The fraction of sp³-hybridized carbons (Fsp3) is 0.400. The highest BCUT2D eigenvalue weighted by molar-refractivity contribution is 6.00. The molecule has 1 aliphatic heterocycles. The number of hydrogen-bond acceptors (Lipinski definition) is 5. The van der Waals surface area contributed by atoms with Crippen LogP contribution in [-0.2, 0) is 14.3 Å². The monoisotopic (exact) mass is 474 g/mol. The number of rotatable bonds is 10. The molecule has 7 nitrogen and oxygen atoms in total. The normalized spacial score (nSPS) is 19.1. The van der Waals surface area contributed by atoms with Crippen molar-refractivity contribution in [2.24, 2.45) is 0 Å². The molecule has 1 aliphatic rings. The molecule has 1 saturated heterocycles. The number of amides is 2. The molecule has 2 aromatic carbocycles. The van der Waals surface area contributed by atoms with E-state index < -0.39 is 23.9 Å². The zero-order chi connectivity index (χ0) is 24.9. The number of methoxy groups -OCH3 is 1. The molecule has 0 bridgehead atoms. The fourth-order valence-corrected chi connectivity index (χ4v) is 4.13. The van der Waals surface area contributed by atoms with Crippen molar-refractivity contribution in [1.29, 1.82) is 5.41 Å². The van der Waals surface area contributed by atoms with E-state index in [1.807, 2.05) is 13.0 Å². The van der Waals surface area contributed by atoms with Crippen LogP contribution in [0.3, 0.4) is 0 Å². The quantitative estimate of drug-likeness (QED) is 0.343. The molecule has 2 unspecified atom stereocenters. The Morgan fingerprint density at radius 2 is 2.03 bits per heavy atom. The van der Waals surface area contributed by atoms with Crippen molar-refractivity contribution in [3.05, 3.63) is 59.7 Å². The number of ether oxygens (including phenoxy) is 1. The van der Waals surface area contributed by atoms with E-state index in [2.05, 4.69) is 10.6 Å². The zero-order valence-electron chi connectivity index (χ0n) is 19.5. The summed E-state index contributed by atoms with van der Waals surface area (Å²) >= 11 is 0. The Morgan fingerprint density at radius 3 is 2.62 bits per heavy atom. The van der Waals surface area contributed by atoms with E-state index in [1.165, 1.54) is 11.1 Å². The maximum atomic E-state index is 13.6. The lowest BCUT2D eigenvalue weighted by Crippen LogP contribution is -2.46.